The lowest BCUT2D eigenvalue weighted by Crippen LogP contribution is -2.21. The van der Waals surface area contributed by atoms with Crippen LogP contribution in [0.5, 0.6) is 5.75 Å². The monoisotopic (exact) mass is 249 g/mol. The number of hydrogen-bond donors (Lipinski definition) is 1. The van der Waals surface area contributed by atoms with Crippen molar-refractivity contribution in [3.63, 3.8) is 0 Å². The number of hydrogen-bond acceptors (Lipinski definition) is 3. The van der Waals surface area contributed by atoms with Gasteiger partial charge in [0.1, 0.15) is 5.75 Å². The molecule has 1 aliphatic rings. The van der Waals surface area contributed by atoms with Crippen LogP contribution in [0.1, 0.15) is 50.7 Å². The van der Waals surface area contributed by atoms with Crippen LogP contribution in [0.4, 0.5) is 0 Å². The molecule has 1 fully saturated rings. The highest BCUT2D eigenvalue weighted by molar-refractivity contribution is 5.32. The molecular weight excluding hydrogens is 226 g/mol. The molecule has 0 radical (unpaired) electrons. The molecule has 0 spiro atoms. The summed E-state index contributed by atoms with van der Waals surface area (Å²) in [6.07, 6.45) is 8.99. The van der Waals surface area contributed by atoms with Gasteiger partial charge in [0.25, 0.3) is 0 Å². The van der Waals surface area contributed by atoms with Crippen LogP contribution in [-0.4, -0.2) is 17.2 Å². The van der Waals surface area contributed by atoms with E-state index in [1.54, 1.807) is 19.5 Å². The molecular formula is C15H23NO2. The first-order valence-electron chi connectivity index (χ1n) is 6.92. The average Bonchev–Trinajstić information content (AvgIpc) is 2.46. The molecule has 0 amide bonds. The molecule has 1 aromatic heterocycles. The third-order valence-corrected chi connectivity index (χ3v) is 4.20. The minimum atomic E-state index is -0.419. The summed E-state index contributed by atoms with van der Waals surface area (Å²) in [6.45, 7) is 2.24. The van der Waals surface area contributed by atoms with Gasteiger partial charge in [-0.3, -0.25) is 4.98 Å². The molecule has 1 heterocycles. The number of aliphatic hydroxyl groups is 1. The van der Waals surface area contributed by atoms with E-state index >= 15 is 0 Å². The first kappa shape index (κ1) is 13.3. The third-order valence-electron chi connectivity index (χ3n) is 4.20. The zero-order valence-corrected chi connectivity index (χ0v) is 11.3. The fourth-order valence-electron chi connectivity index (χ4n) is 3.05. The number of aromatic nitrogens is 1. The largest absolute Gasteiger partial charge is 0.495 e. The maximum Gasteiger partial charge on any atom is 0.142 e. The Kier molecular flexibility index (Phi) is 4.59. The van der Waals surface area contributed by atoms with Gasteiger partial charge in [-0.1, -0.05) is 26.2 Å². The van der Waals surface area contributed by atoms with Gasteiger partial charge in [-0.05, 0) is 30.7 Å². The Morgan fingerprint density at radius 2 is 2.33 bits per heavy atom. The average molecular weight is 249 g/mol. The molecule has 1 aliphatic carbocycles. The van der Waals surface area contributed by atoms with Crippen molar-refractivity contribution in [2.24, 2.45) is 11.8 Å². The van der Waals surface area contributed by atoms with Gasteiger partial charge in [-0.25, -0.2) is 0 Å². The minimum Gasteiger partial charge on any atom is -0.495 e. The lowest BCUT2D eigenvalue weighted by Gasteiger charge is -2.32. The normalized spacial score (nSPS) is 25.7. The molecule has 2 rings (SSSR count). The highest BCUT2D eigenvalue weighted by atomic mass is 16.5. The Labute approximate surface area is 109 Å². The van der Waals surface area contributed by atoms with Gasteiger partial charge < -0.3 is 9.84 Å². The van der Waals surface area contributed by atoms with Crippen LogP contribution in [0, 0.1) is 11.8 Å². The van der Waals surface area contributed by atoms with Crippen molar-refractivity contribution in [2.45, 2.75) is 45.1 Å². The molecule has 3 heteroatoms. The SMILES string of the molecule is CCC1CCCC(C(O)c2ccncc2OC)C1. The molecule has 1 saturated carbocycles. The van der Waals surface area contributed by atoms with E-state index in [0.29, 0.717) is 11.7 Å². The van der Waals surface area contributed by atoms with Crippen molar-refractivity contribution in [1.82, 2.24) is 4.98 Å². The molecule has 0 bridgehead atoms. The maximum atomic E-state index is 10.6. The second-order valence-electron chi connectivity index (χ2n) is 5.26. The number of methoxy groups -OCH3 is 1. The van der Waals surface area contributed by atoms with Crippen LogP contribution < -0.4 is 4.74 Å². The number of aliphatic hydroxyl groups excluding tert-OH is 1. The molecule has 1 aromatic rings. The lowest BCUT2D eigenvalue weighted by atomic mass is 9.76. The summed E-state index contributed by atoms with van der Waals surface area (Å²) >= 11 is 0. The summed E-state index contributed by atoms with van der Waals surface area (Å²) in [4.78, 5) is 4.04. The summed E-state index contributed by atoms with van der Waals surface area (Å²) in [5, 5.41) is 10.6. The first-order valence-corrected chi connectivity index (χ1v) is 6.92. The third kappa shape index (κ3) is 2.83. The zero-order chi connectivity index (χ0) is 13.0. The summed E-state index contributed by atoms with van der Waals surface area (Å²) in [5.41, 5.74) is 0.884. The van der Waals surface area contributed by atoms with E-state index in [-0.39, 0.29) is 0 Å². The smallest absolute Gasteiger partial charge is 0.142 e. The van der Waals surface area contributed by atoms with Crippen molar-refractivity contribution < 1.29 is 9.84 Å². The second-order valence-corrected chi connectivity index (χ2v) is 5.26. The summed E-state index contributed by atoms with van der Waals surface area (Å²) < 4.78 is 5.29. The molecule has 0 saturated heterocycles. The molecule has 18 heavy (non-hydrogen) atoms. The van der Waals surface area contributed by atoms with E-state index in [4.69, 9.17) is 4.74 Å². The quantitative estimate of drug-likeness (QED) is 0.890. The van der Waals surface area contributed by atoms with E-state index in [1.165, 1.54) is 19.3 Å². The standard InChI is InChI=1S/C15H23NO2/c1-3-11-5-4-6-12(9-11)15(17)13-7-8-16-10-14(13)18-2/h7-8,10-12,15,17H,3-6,9H2,1-2H3. The number of rotatable bonds is 4. The Morgan fingerprint density at radius 1 is 1.50 bits per heavy atom. The van der Waals surface area contributed by atoms with Crippen molar-refractivity contribution in [3.05, 3.63) is 24.0 Å². The highest BCUT2D eigenvalue weighted by Crippen LogP contribution is 2.40. The van der Waals surface area contributed by atoms with Crippen LogP contribution in [-0.2, 0) is 0 Å². The fraction of sp³-hybridized carbons (Fsp3) is 0.667. The van der Waals surface area contributed by atoms with Gasteiger partial charge in [0.15, 0.2) is 0 Å². The van der Waals surface area contributed by atoms with E-state index in [1.807, 2.05) is 6.07 Å². The van der Waals surface area contributed by atoms with Crippen LogP contribution in [0.15, 0.2) is 18.5 Å². The Bertz CT molecular complexity index is 381. The number of ether oxygens (including phenoxy) is 1. The molecule has 3 unspecified atom stereocenters. The summed E-state index contributed by atoms with van der Waals surface area (Å²) in [6, 6.07) is 1.87. The molecule has 3 atom stereocenters. The van der Waals surface area contributed by atoms with Crippen LogP contribution in [0.3, 0.4) is 0 Å². The lowest BCUT2D eigenvalue weighted by molar-refractivity contribution is 0.0657. The first-order chi connectivity index (χ1) is 8.76. The van der Waals surface area contributed by atoms with Gasteiger partial charge >= 0.3 is 0 Å². The van der Waals surface area contributed by atoms with Crippen LogP contribution in [0.2, 0.25) is 0 Å². The fourth-order valence-corrected chi connectivity index (χ4v) is 3.05. The molecule has 3 nitrogen and oxygen atoms in total. The second kappa shape index (κ2) is 6.19. The molecule has 0 aliphatic heterocycles. The summed E-state index contributed by atoms with van der Waals surface area (Å²) in [7, 11) is 1.63. The van der Waals surface area contributed by atoms with Gasteiger partial charge in [0, 0.05) is 11.8 Å². The molecule has 0 aromatic carbocycles. The predicted octanol–water partition coefficient (Wildman–Crippen LogP) is 3.34. The van der Waals surface area contributed by atoms with E-state index < -0.39 is 6.10 Å². The maximum absolute atomic E-state index is 10.6. The Hall–Kier alpha value is -1.09. The van der Waals surface area contributed by atoms with Gasteiger partial charge in [-0.2, -0.15) is 0 Å². The predicted molar refractivity (Wildman–Crippen MR) is 71.5 cm³/mol. The van der Waals surface area contributed by atoms with Crippen molar-refractivity contribution in [1.29, 1.82) is 0 Å². The Balaban J connectivity index is 2.12. The van der Waals surface area contributed by atoms with Gasteiger partial charge in [-0.15, -0.1) is 0 Å². The Morgan fingerprint density at radius 3 is 3.06 bits per heavy atom. The number of pyridine rings is 1. The van der Waals surface area contributed by atoms with Crippen LogP contribution >= 0.6 is 0 Å². The van der Waals surface area contributed by atoms with Gasteiger partial charge in [0.05, 0.1) is 19.4 Å². The van der Waals surface area contributed by atoms with Gasteiger partial charge in [0.2, 0.25) is 0 Å². The van der Waals surface area contributed by atoms with E-state index in [9.17, 15) is 5.11 Å². The topological polar surface area (TPSA) is 42.4 Å². The van der Waals surface area contributed by atoms with Crippen molar-refractivity contribution in [3.8, 4) is 5.75 Å². The van der Waals surface area contributed by atoms with Crippen molar-refractivity contribution in [2.75, 3.05) is 7.11 Å². The van der Waals surface area contributed by atoms with E-state index in [2.05, 4.69) is 11.9 Å². The summed E-state index contributed by atoms with van der Waals surface area (Å²) in [5.74, 6) is 1.83. The zero-order valence-electron chi connectivity index (χ0n) is 11.3. The van der Waals surface area contributed by atoms with E-state index in [0.717, 1.165) is 24.3 Å². The number of nitrogens with zero attached hydrogens (tertiary/aromatic N) is 1. The van der Waals surface area contributed by atoms with Crippen LogP contribution in [0.25, 0.3) is 0 Å². The van der Waals surface area contributed by atoms with Crippen molar-refractivity contribution >= 4 is 0 Å². The minimum absolute atomic E-state index is 0.361. The molecule has 1 N–H and O–H groups in total. The highest BCUT2D eigenvalue weighted by Gasteiger charge is 2.28. The molecule has 100 valence electrons.